The third kappa shape index (κ3) is 3.45. The maximum absolute atomic E-state index is 7.09. The van der Waals surface area contributed by atoms with Crippen molar-refractivity contribution < 1.29 is 0 Å². The van der Waals surface area contributed by atoms with Crippen LogP contribution in [0.5, 0.6) is 0 Å². The van der Waals surface area contributed by atoms with Crippen LogP contribution >= 0.6 is 11.1 Å². The highest BCUT2D eigenvalue weighted by molar-refractivity contribution is 7.21. The van der Waals surface area contributed by atoms with Gasteiger partial charge < -0.3 is 0 Å². The zero-order valence-corrected chi connectivity index (χ0v) is 15.9. The molecule has 2 atom stereocenters. The van der Waals surface area contributed by atoms with Crippen LogP contribution in [0.25, 0.3) is 0 Å². The van der Waals surface area contributed by atoms with Gasteiger partial charge in [0.25, 0.3) is 0 Å². The molecule has 0 N–H and O–H groups in total. The molecule has 2 unspecified atom stereocenters. The second-order valence-electron chi connectivity index (χ2n) is 7.20. The average Bonchev–Trinajstić information content (AvgIpc) is 2.97. The normalized spacial score (nSPS) is 28.4. The van der Waals surface area contributed by atoms with E-state index >= 15 is 0 Å². The Bertz CT molecular complexity index is 510. The molecule has 0 saturated carbocycles. The van der Waals surface area contributed by atoms with Crippen LogP contribution < -0.4 is 0 Å². The Morgan fingerprint density at radius 2 is 1.86 bits per heavy atom. The number of allylic oxidation sites excluding steroid dienone is 8. The molecule has 0 heterocycles. The molecule has 0 aromatic carbocycles. The standard InChI is InChI=1S/C19H29ClSi/c1-6-7-12-18-16(3)15(2)13-19(18,4)14-21(5,20)17-10-8-9-11-17/h8-11,13,17H,6-7,12,14H2,1-5H3. The Morgan fingerprint density at radius 3 is 2.43 bits per heavy atom. The molecule has 2 aliphatic rings. The second-order valence-corrected chi connectivity index (χ2v) is 13.4. The van der Waals surface area contributed by atoms with Crippen LogP contribution in [-0.4, -0.2) is 7.38 Å². The van der Waals surface area contributed by atoms with E-state index in [2.05, 4.69) is 64.6 Å². The van der Waals surface area contributed by atoms with E-state index in [9.17, 15) is 0 Å². The number of halogens is 1. The molecule has 116 valence electrons. The van der Waals surface area contributed by atoms with Gasteiger partial charge in [-0.05, 0) is 38.3 Å². The van der Waals surface area contributed by atoms with Gasteiger partial charge in [0.05, 0.1) is 0 Å². The van der Waals surface area contributed by atoms with Gasteiger partial charge in [0, 0.05) is 11.0 Å². The van der Waals surface area contributed by atoms with E-state index in [0.29, 0.717) is 5.54 Å². The summed E-state index contributed by atoms with van der Waals surface area (Å²) in [5.41, 5.74) is 5.29. The van der Waals surface area contributed by atoms with Crippen molar-refractivity contribution in [1.29, 1.82) is 0 Å². The summed E-state index contributed by atoms with van der Waals surface area (Å²) in [5, 5.41) is 0. The number of rotatable bonds is 6. The predicted molar refractivity (Wildman–Crippen MR) is 98.4 cm³/mol. The molecule has 2 heteroatoms. The maximum atomic E-state index is 7.09. The molecule has 2 aliphatic carbocycles. The third-order valence-electron chi connectivity index (χ3n) is 5.20. The molecule has 0 nitrogen and oxygen atoms in total. The molecule has 0 aromatic heterocycles. The highest BCUT2D eigenvalue weighted by Crippen LogP contribution is 2.51. The van der Waals surface area contributed by atoms with E-state index in [1.807, 2.05) is 0 Å². The summed E-state index contributed by atoms with van der Waals surface area (Å²) >= 11 is 7.09. The Balaban J connectivity index is 2.24. The van der Waals surface area contributed by atoms with Gasteiger partial charge in [-0.15, -0.1) is 0 Å². The van der Waals surface area contributed by atoms with Gasteiger partial charge in [0.2, 0.25) is 0 Å². The van der Waals surface area contributed by atoms with Crippen LogP contribution in [0.4, 0.5) is 0 Å². The summed E-state index contributed by atoms with van der Waals surface area (Å²) in [7, 11) is -1.83. The first-order valence-corrected chi connectivity index (χ1v) is 12.0. The van der Waals surface area contributed by atoms with Gasteiger partial charge in [0.15, 0.2) is 7.38 Å². The van der Waals surface area contributed by atoms with Crippen molar-refractivity contribution in [2.45, 2.75) is 65.1 Å². The van der Waals surface area contributed by atoms with Crippen molar-refractivity contribution in [2.75, 3.05) is 0 Å². The van der Waals surface area contributed by atoms with Crippen molar-refractivity contribution in [1.82, 2.24) is 0 Å². The quantitative estimate of drug-likeness (QED) is 0.374. The minimum Gasteiger partial charge on any atom is -0.166 e. The highest BCUT2D eigenvalue weighted by atomic mass is 35.6. The van der Waals surface area contributed by atoms with E-state index in [1.54, 1.807) is 5.57 Å². The summed E-state index contributed by atoms with van der Waals surface area (Å²) in [4.78, 5) is 0. The first kappa shape index (κ1) is 16.8. The van der Waals surface area contributed by atoms with Crippen molar-refractivity contribution in [3.63, 3.8) is 0 Å². The second kappa shape index (κ2) is 6.30. The molecule has 0 bridgehead atoms. The minimum absolute atomic E-state index is 0.177. The SMILES string of the molecule is CCCCC1=C(C)C(C)=CC1(C)C[Si](C)(Cl)C1C=CC=C1. The number of unbranched alkanes of at least 4 members (excludes halogenated alkanes) is 1. The van der Waals surface area contributed by atoms with E-state index in [0.717, 1.165) is 6.04 Å². The molecule has 2 rings (SSSR count). The first-order chi connectivity index (χ1) is 9.80. The molecule has 0 saturated heterocycles. The topological polar surface area (TPSA) is 0 Å². The van der Waals surface area contributed by atoms with Crippen LogP contribution in [0.2, 0.25) is 18.1 Å². The number of hydrogen-bond acceptors (Lipinski definition) is 0. The summed E-state index contributed by atoms with van der Waals surface area (Å²) in [5.74, 6) is 0. The van der Waals surface area contributed by atoms with Gasteiger partial charge in [-0.1, -0.05) is 68.3 Å². The average molecular weight is 321 g/mol. The van der Waals surface area contributed by atoms with E-state index in [1.165, 1.54) is 30.4 Å². The van der Waals surface area contributed by atoms with Gasteiger partial charge >= 0.3 is 0 Å². The predicted octanol–water partition coefficient (Wildman–Crippen LogP) is 6.77. The highest BCUT2D eigenvalue weighted by Gasteiger charge is 2.43. The third-order valence-corrected chi connectivity index (χ3v) is 9.56. The van der Waals surface area contributed by atoms with Crippen LogP contribution in [-0.2, 0) is 0 Å². The van der Waals surface area contributed by atoms with Crippen molar-refractivity contribution >= 4 is 18.5 Å². The van der Waals surface area contributed by atoms with Crippen molar-refractivity contribution in [3.8, 4) is 0 Å². The molecular formula is C19H29ClSi. The monoisotopic (exact) mass is 320 g/mol. The largest absolute Gasteiger partial charge is 0.166 e. The summed E-state index contributed by atoms with van der Waals surface area (Å²) in [6.45, 7) is 11.6. The van der Waals surface area contributed by atoms with Gasteiger partial charge in [-0.3, -0.25) is 0 Å². The zero-order chi connectivity index (χ0) is 15.7. The zero-order valence-electron chi connectivity index (χ0n) is 14.2. The lowest BCUT2D eigenvalue weighted by molar-refractivity contribution is 0.539. The molecule has 0 amide bonds. The van der Waals surface area contributed by atoms with Gasteiger partial charge in [-0.2, -0.15) is 11.1 Å². The molecule has 21 heavy (non-hydrogen) atoms. The Labute approximate surface area is 136 Å². The molecule has 0 fully saturated rings. The van der Waals surface area contributed by atoms with Crippen molar-refractivity contribution in [3.05, 3.63) is 47.1 Å². The smallest absolute Gasteiger partial charge is 0.165 e. The van der Waals surface area contributed by atoms with Crippen molar-refractivity contribution in [2.24, 2.45) is 5.41 Å². The fourth-order valence-electron chi connectivity index (χ4n) is 3.99. The Hall–Kier alpha value is -0.533. The summed E-state index contributed by atoms with van der Waals surface area (Å²) in [6, 6.07) is 1.13. The van der Waals surface area contributed by atoms with Gasteiger partial charge in [-0.25, -0.2) is 0 Å². The molecule has 0 radical (unpaired) electrons. The van der Waals surface area contributed by atoms with Crippen LogP contribution in [0.1, 0.15) is 47.0 Å². The summed E-state index contributed by atoms with van der Waals surface area (Å²) in [6.07, 6.45) is 15.1. The molecular weight excluding hydrogens is 292 g/mol. The minimum atomic E-state index is -1.83. The molecule has 0 aromatic rings. The first-order valence-electron chi connectivity index (χ1n) is 8.24. The van der Waals surface area contributed by atoms with E-state index < -0.39 is 7.38 Å². The Kier molecular flexibility index (Phi) is 5.05. The lowest BCUT2D eigenvalue weighted by Crippen LogP contribution is -2.34. The van der Waals surface area contributed by atoms with E-state index in [4.69, 9.17) is 11.1 Å². The fourth-order valence-corrected chi connectivity index (χ4v) is 8.27. The van der Waals surface area contributed by atoms with E-state index in [-0.39, 0.29) is 5.41 Å². The maximum Gasteiger partial charge on any atom is 0.165 e. The number of hydrogen-bond donors (Lipinski definition) is 0. The Morgan fingerprint density at radius 1 is 1.24 bits per heavy atom. The molecule has 0 aliphatic heterocycles. The van der Waals surface area contributed by atoms with Crippen LogP contribution in [0.3, 0.4) is 0 Å². The van der Waals surface area contributed by atoms with Crippen LogP contribution in [0, 0.1) is 5.41 Å². The lowest BCUT2D eigenvalue weighted by atomic mass is 9.83. The summed E-state index contributed by atoms with van der Waals surface area (Å²) < 4.78 is 0. The lowest BCUT2D eigenvalue weighted by Gasteiger charge is -2.35. The fraction of sp³-hybridized carbons (Fsp3) is 0.579. The molecule has 0 spiro atoms. The van der Waals surface area contributed by atoms with Gasteiger partial charge in [0.1, 0.15) is 0 Å². The van der Waals surface area contributed by atoms with Crippen LogP contribution in [0.15, 0.2) is 47.1 Å².